The van der Waals surface area contributed by atoms with Crippen molar-refractivity contribution in [3.63, 3.8) is 0 Å². The number of aliphatic hydroxyl groups is 1. The van der Waals surface area contributed by atoms with Crippen LogP contribution in [0.2, 0.25) is 25.7 Å². The number of carbonyl (C=O) groups excluding carboxylic acids is 1. The fourth-order valence-electron chi connectivity index (χ4n) is 2.67. The molecule has 0 aromatic carbocycles. The van der Waals surface area contributed by atoms with Crippen molar-refractivity contribution in [2.75, 3.05) is 46.8 Å². The van der Waals surface area contributed by atoms with E-state index < -0.39 is 20.1 Å². The summed E-state index contributed by atoms with van der Waals surface area (Å²) in [6.45, 7) is 11.6. The number of carbonyl (C=O) groups is 1. The van der Waals surface area contributed by atoms with Crippen LogP contribution in [0.4, 0.5) is 0 Å². The maximum absolute atomic E-state index is 11.9. The molecule has 1 fully saturated rings. The Bertz CT molecular complexity index is 361. The van der Waals surface area contributed by atoms with Gasteiger partial charge >= 0.3 is 5.97 Å². The van der Waals surface area contributed by atoms with Gasteiger partial charge in [-0.15, -0.1) is 0 Å². The number of piperidine rings is 1. The summed E-state index contributed by atoms with van der Waals surface area (Å²) in [7, 11) is 0.862. The Kier molecular flexibility index (Phi) is 8.71. The van der Waals surface area contributed by atoms with Crippen molar-refractivity contribution in [3.8, 4) is 0 Å². The quantitative estimate of drug-likeness (QED) is 0.294. The number of aliphatic hydroxyl groups excluding tert-OH is 1. The molecule has 3 unspecified atom stereocenters. The Hall–Kier alpha value is -0.473. The van der Waals surface area contributed by atoms with Gasteiger partial charge in [0.25, 0.3) is 0 Å². The average Bonchev–Trinajstić information content (AvgIpc) is 2.44. The fraction of sp³-hybridized carbons (Fsp3) is 0.938. The van der Waals surface area contributed by atoms with Crippen LogP contribution in [0.3, 0.4) is 0 Å². The molecule has 1 saturated heterocycles. The van der Waals surface area contributed by atoms with E-state index in [4.69, 9.17) is 14.2 Å². The molecule has 0 aliphatic carbocycles. The van der Waals surface area contributed by atoms with Gasteiger partial charge in [0.05, 0.1) is 25.2 Å². The highest BCUT2D eigenvalue weighted by atomic mass is 28.3. The van der Waals surface area contributed by atoms with E-state index in [0.29, 0.717) is 32.9 Å². The molecular weight excluding hydrogens is 314 g/mol. The first-order valence-corrected chi connectivity index (χ1v) is 12.1. The van der Waals surface area contributed by atoms with E-state index in [0.717, 1.165) is 6.04 Å². The molecular formula is C16H33NO5Si. The van der Waals surface area contributed by atoms with Crippen molar-refractivity contribution in [1.82, 2.24) is 4.90 Å². The van der Waals surface area contributed by atoms with E-state index in [1.54, 1.807) is 6.92 Å². The molecule has 0 aromatic rings. The first-order chi connectivity index (χ1) is 10.7. The Morgan fingerprint density at radius 2 is 1.96 bits per heavy atom. The standard InChI is InChI=1S/C16H33NO5Si/c1-6-22-16(19)14-10-17(2)9-13(15(14)18)11-21-12-20-7-8-23(3,4)5/h13-15,18H,6-12H2,1-5H3. The molecule has 0 aromatic heterocycles. The van der Waals surface area contributed by atoms with E-state index in [2.05, 4.69) is 19.6 Å². The van der Waals surface area contributed by atoms with Crippen molar-refractivity contribution < 1.29 is 24.1 Å². The van der Waals surface area contributed by atoms with E-state index in [1.807, 2.05) is 11.9 Å². The van der Waals surface area contributed by atoms with Crippen molar-refractivity contribution in [2.24, 2.45) is 11.8 Å². The lowest BCUT2D eigenvalue weighted by Gasteiger charge is -2.38. The summed E-state index contributed by atoms with van der Waals surface area (Å²) in [5.41, 5.74) is 0. The normalized spacial score (nSPS) is 26.3. The number of rotatable bonds is 9. The van der Waals surface area contributed by atoms with Crippen LogP contribution in [0.1, 0.15) is 6.92 Å². The first-order valence-electron chi connectivity index (χ1n) is 8.43. The predicted molar refractivity (Wildman–Crippen MR) is 92.0 cm³/mol. The van der Waals surface area contributed by atoms with E-state index in [1.165, 1.54) is 0 Å². The summed E-state index contributed by atoms with van der Waals surface area (Å²) in [5.74, 6) is -0.943. The van der Waals surface area contributed by atoms with Gasteiger partial charge in [-0.2, -0.15) is 0 Å². The monoisotopic (exact) mass is 347 g/mol. The van der Waals surface area contributed by atoms with Crippen LogP contribution in [0.5, 0.6) is 0 Å². The molecule has 0 spiro atoms. The molecule has 1 rings (SSSR count). The molecule has 0 amide bonds. The lowest BCUT2D eigenvalue weighted by atomic mass is 9.86. The fourth-order valence-corrected chi connectivity index (χ4v) is 3.42. The van der Waals surface area contributed by atoms with Crippen LogP contribution < -0.4 is 0 Å². The Morgan fingerprint density at radius 1 is 1.26 bits per heavy atom. The van der Waals surface area contributed by atoms with Crippen LogP contribution in [0, 0.1) is 11.8 Å². The largest absolute Gasteiger partial charge is 0.466 e. The van der Waals surface area contributed by atoms with Crippen molar-refractivity contribution in [1.29, 1.82) is 0 Å². The van der Waals surface area contributed by atoms with E-state index in [-0.39, 0.29) is 18.7 Å². The maximum atomic E-state index is 11.9. The minimum atomic E-state index is -1.08. The summed E-state index contributed by atoms with van der Waals surface area (Å²) in [6, 6.07) is 1.11. The van der Waals surface area contributed by atoms with Gasteiger partial charge in [-0.3, -0.25) is 4.79 Å². The third kappa shape index (κ3) is 7.76. The summed E-state index contributed by atoms with van der Waals surface area (Å²) >= 11 is 0. The number of likely N-dealkylation sites (tertiary alicyclic amines) is 1. The van der Waals surface area contributed by atoms with Gasteiger partial charge in [0.1, 0.15) is 6.79 Å². The molecule has 1 aliphatic heterocycles. The minimum absolute atomic E-state index is 0.108. The second-order valence-corrected chi connectivity index (χ2v) is 13.2. The van der Waals surface area contributed by atoms with Crippen LogP contribution in [-0.2, 0) is 19.0 Å². The number of hydrogen-bond acceptors (Lipinski definition) is 6. The molecule has 1 N–H and O–H groups in total. The van der Waals surface area contributed by atoms with Gasteiger partial charge in [-0.05, 0) is 20.0 Å². The zero-order valence-corrected chi connectivity index (χ0v) is 16.2. The lowest BCUT2D eigenvalue weighted by molar-refractivity contribution is -0.160. The summed E-state index contributed by atoms with van der Waals surface area (Å²) < 4.78 is 16.1. The molecule has 0 radical (unpaired) electrons. The number of esters is 1. The van der Waals surface area contributed by atoms with Crippen molar-refractivity contribution in [2.45, 2.75) is 38.7 Å². The highest BCUT2D eigenvalue weighted by molar-refractivity contribution is 6.76. The SMILES string of the molecule is CCOC(=O)C1CN(C)CC(COCOCC[Si](C)(C)C)C1O. The van der Waals surface area contributed by atoms with Gasteiger partial charge in [0, 0.05) is 33.7 Å². The Morgan fingerprint density at radius 3 is 2.57 bits per heavy atom. The summed E-state index contributed by atoms with van der Waals surface area (Å²) in [6.07, 6.45) is -0.729. The second kappa shape index (κ2) is 9.73. The maximum Gasteiger partial charge on any atom is 0.312 e. The molecule has 7 heteroatoms. The Balaban J connectivity index is 2.33. The summed E-state index contributed by atoms with van der Waals surface area (Å²) in [5, 5.41) is 10.4. The van der Waals surface area contributed by atoms with Crippen LogP contribution in [0.15, 0.2) is 0 Å². The highest BCUT2D eigenvalue weighted by Crippen LogP contribution is 2.23. The minimum Gasteiger partial charge on any atom is -0.466 e. The van der Waals surface area contributed by atoms with Crippen molar-refractivity contribution >= 4 is 14.0 Å². The predicted octanol–water partition coefficient (Wildman–Crippen LogP) is 1.42. The number of ether oxygens (including phenoxy) is 3. The molecule has 0 saturated carbocycles. The number of hydrogen-bond donors (Lipinski definition) is 1. The van der Waals surface area contributed by atoms with Crippen molar-refractivity contribution in [3.05, 3.63) is 0 Å². The van der Waals surface area contributed by atoms with Gasteiger partial charge in [-0.1, -0.05) is 19.6 Å². The highest BCUT2D eigenvalue weighted by Gasteiger charge is 2.39. The van der Waals surface area contributed by atoms with E-state index >= 15 is 0 Å². The van der Waals surface area contributed by atoms with Gasteiger partial charge < -0.3 is 24.2 Å². The molecule has 1 heterocycles. The first kappa shape index (κ1) is 20.6. The topological polar surface area (TPSA) is 68.2 Å². The molecule has 23 heavy (non-hydrogen) atoms. The third-order valence-electron chi connectivity index (χ3n) is 4.03. The van der Waals surface area contributed by atoms with E-state index in [9.17, 15) is 9.90 Å². The smallest absolute Gasteiger partial charge is 0.312 e. The number of nitrogens with zero attached hydrogens (tertiary/aromatic N) is 1. The molecule has 3 atom stereocenters. The summed E-state index contributed by atoms with van der Waals surface area (Å²) in [4.78, 5) is 14.0. The van der Waals surface area contributed by atoms with Crippen LogP contribution in [0.25, 0.3) is 0 Å². The second-order valence-electron chi connectivity index (χ2n) is 7.54. The molecule has 1 aliphatic rings. The van der Waals surface area contributed by atoms with Gasteiger partial charge in [-0.25, -0.2) is 0 Å². The van der Waals surface area contributed by atoms with Crippen LogP contribution >= 0.6 is 0 Å². The van der Waals surface area contributed by atoms with Gasteiger partial charge in [0.15, 0.2) is 0 Å². The zero-order valence-electron chi connectivity index (χ0n) is 15.2. The molecule has 6 nitrogen and oxygen atoms in total. The molecule has 0 bridgehead atoms. The van der Waals surface area contributed by atoms with Crippen LogP contribution in [-0.4, -0.2) is 76.9 Å². The lowest BCUT2D eigenvalue weighted by Crippen LogP contribution is -2.52. The zero-order chi connectivity index (χ0) is 17.5. The van der Waals surface area contributed by atoms with Gasteiger partial charge in [0.2, 0.25) is 0 Å². The third-order valence-corrected chi connectivity index (χ3v) is 5.74. The Labute approximate surface area is 141 Å². The average molecular weight is 348 g/mol. The molecule has 136 valence electrons.